The van der Waals surface area contributed by atoms with Gasteiger partial charge in [0.1, 0.15) is 17.7 Å². The Morgan fingerprint density at radius 1 is 1.23 bits per heavy atom. The van der Waals surface area contributed by atoms with Crippen LogP contribution < -0.4 is 0 Å². The summed E-state index contributed by atoms with van der Waals surface area (Å²) in [6, 6.07) is 13.7. The van der Waals surface area contributed by atoms with E-state index in [1.54, 1.807) is 28.8 Å². The minimum atomic E-state index is -0.730. The Balaban J connectivity index is 1.22. The molecule has 1 unspecified atom stereocenters. The zero-order valence-corrected chi connectivity index (χ0v) is 23.5. The summed E-state index contributed by atoms with van der Waals surface area (Å²) in [5, 5.41) is 21.5. The number of likely N-dealkylation sites (tertiary alicyclic amines) is 1. The number of aliphatic hydroxyl groups excluding tert-OH is 1. The maximum atomic E-state index is 13.2. The predicted molar refractivity (Wildman–Crippen MR) is 153 cm³/mol. The van der Waals surface area contributed by atoms with Crippen molar-refractivity contribution in [2.75, 3.05) is 13.1 Å². The molecule has 4 aliphatic rings. The van der Waals surface area contributed by atoms with Crippen molar-refractivity contribution in [2.24, 2.45) is 11.8 Å². The van der Waals surface area contributed by atoms with Crippen molar-refractivity contribution in [3.05, 3.63) is 85.9 Å². The number of hydrogen-bond donors (Lipinski definition) is 1. The molecule has 0 aromatic heterocycles. The van der Waals surface area contributed by atoms with Gasteiger partial charge in [0.15, 0.2) is 5.78 Å². The first-order valence-corrected chi connectivity index (χ1v) is 14.8. The van der Waals surface area contributed by atoms with Crippen LogP contribution in [0.15, 0.2) is 59.1 Å². The highest BCUT2D eigenvalue weighted by atomic mass is 32.2. The first kappa shape index (κ1) is 27.1. The molecule has 0 saturated carbocycles. The number of thioether (sulfide) groups is 1. The number of thiocarbonyl (C=S) groups is 1. The highest BCUT2D eigenvalue weighted by Gasteiger charge is 2.58. The van der Waals surface area contributed by atoms with Gasteiger partial charge in [-0.05, 0) is 61.3 Å². The van der Waals surface area contributed by atoms with E-state index in [-0.39, 0.29) is 46.4 Å². The van der Waals surface area contributed by atoms with Crippen LogP contribution in [-0.2, 0) is 22.6 Å². The fourth-order valence-corrected chi connectivity index (χ4v) is 8.22. The SMILES string of the molecule is CC[C@H](O)[C@@H]1C(=O)N2C(C(=S)OCc3ccc([N+](=O)[O-])cc3)=C([C@H]3CCN(C4Cc5ccccc5C4=O)C3)S[C@H]12. The van der Waals surface area contributed by atoms with Crippen LogP contribution in [0.1, 0.15) is 41.3 Å². The number of fused-ring (bicyclic) bond motifs is 2. The van der Waals surface area contributed by atoms with Gasteiger partial charge in [-0.25, -0.2) is 0 Å². The van der Waals surface area contributed by atoms with Crippen molar-refractivity contribution in [1.29, 1.82) is 0 Å². The summed E-state index contributed by atoms with van der Waals surface area (Å²) in [5.74, 6) is -0.412. The van der Waals surface area contributed by atoms with Crippen molar-refractivity contribution in [3.8, 4) is 0 Å². The number of nitro benzene ring substituents is 1. The molecule has 6 rings (SSSR count). The monoisotopic (exact) mass is 579 g/mol. The van der Waals surface area contributed by atoms with Crippen LogP contribution in [-0.4, -0.2) is 67.2 Å². The van der Waals surface area contributed by atoms with E-state index in [0.717, 1.165) is 34.6 Å². The van der Waals surface area contributed by atoms with Gasteiger partial charge in [-0.3, -0.25) is 29.5 Å². The molecule has 3 aliphatic heterocycles. The quantitative estimate of drug-likeness (QED) is 0.214. The lowest BCUT2D eigenvalue weighted by Crippen LogP contribution is -2.61. The second-order valence-corrected chi connectivity index (χ2v) is 12.2. The number of hydrogen-bond acceptors (Lipinski definition) is 9. The number of carbonyl (C=O) groups excluding carboxylic acids is 2. The third-order valence-corrected chi connectivity index (χ3v) is 10.2. The third kappa shape index (κ3) is 4.54. The molecule has 1 N–H and O–H groups in total. The zero-order valence-electron chi connectivity index (χ0n) is 21.9. The van der Waals surface area contributed by atoms with Crippen LogP contribution in [0.2, 0.25) is 0 Å². The van der Waals surface area contributed by atoms with Crippen LogP contribution in [0.3, 0.4) is 0 Å². The van der Waals surface area contributed by atoms with Crippen LogP contribution in [0, 0.1) is 22.0 Å². The molecule has 2 saturated heterocycles. The van der Waals surface area contributed by atoms with E-state index in [0.29, 0.717) is 25.1 Å². The summed E-state index contributed by atoms with van der Waals surface area (Å²) < 4.78 is 5.98. The van der Waals surface area contributed by atoms with E-state index in [9.17, 15) is 24.8 Å². The second kappa shape index (κ2) is 10.7. The fourth-order valence-electron chi connectivity index (χ4n) is 6.18. The molecule has 2 fully saturated rings. The summed E-state index contributed by atoms with van der Waals surface area (Å²) >= 11 is 7.30. The lowest BCUT2D eigenvalue weighted by molar-refractivity contribution is -0.384. The molecule has 5 atom stereocenters. The number of non-ortho nitro benzene ring substituents is 1. The molecule has 0 bridgehead atoms. The van der Waals surface area contributed by atoms with Crippen molar-refractivity contribution in [2.45, 2.75) is 50.3 Å². The molecule has 3 heterocycles. The minimum absolute atomic E-state index is 0.00677. The van der Waals surface area contributed by atoms with Gasteiger partial charge in [0.05, 0.1) is 23.0 Å². The standard InChI is InChI=1S/C29H29N3O6S2/c1-2-22(33)23-27(35)31-24(29(39)38-15-16-7-9-19(10-8-16)32(36)37)26(40-28(23)31)18-11-12-30(14-18)21-13-17-5-3-4-6-20(17)25(21)34/h3-10,18,21-23,28,33H,2,11-15H2,1H3/t18-,21?,22-,23+,28+/m0/s1. The second-order valence-electron chi connectivity index (χ2n) is 10.7. The van der Waals surface area contributed by atoms with Crippen molar-refractivity contribution >= 4 is 46.4 Å². The lowest BCUT2D eigenvalue weighted by atomic mass is 9.89. The molecular weight excluding hydrogens is 550 g/mol. The maximum absolute atomic E-state index is 13.2. The van der Waals surface area contributed by atoms with E-state index in [1.807, 2.05) is 31.2 Å². The Morgan fingerprint density at radius 2 is 1.98 bits per heavy atom. The molecule has 9 nitrogen and oxygen atoms in total. The number of benzene rings is 2. The number of aliphatic hydroxyl groups is 1. The van der Waals surface area contributed by atoms with E-state index < -0.39 is 16.9 Å². The van der Waals surface area contributed by atoms with Crippen LogP contribution >= 0.6 is 24.0 Å². The van der Waals surface area contributed by atoms with Gasteiger partial charge in [0.2, 0.25) is 11.0 Å². The minimum Gasteiger partial charge on any atom is -0.477 e. The van der Waals surface area contributed by atoms with Crippen molar-refractivity contribution in [3.63, 3.8) is 0 Å². The zero-order chi connectivity index (χ0) is 28.1. The Hall–Kier alpha value is -3.12. The van der Waals surface area contributed by atoms with E-state index in [2.05, 4.69) is 4.90 Å². The average Bonchev–Trinajstić information content (AvgIpc) is 3.66. The Bertz CT molecular complexity index is 1430. The molecule has 2 aromatic carbocycles. The molecule has 11 heteroatoms. The molecule has 1 aliphatic carbocycles. The van der Waals surface area contributed by atoms with E-state index in [4.69, 9.17) is 17.0 Å². The summed E-state index contributed by atoms with van der Waals surface area (Å²) in [5.41, 5.74) is 3.19. The van der Waals surface area contributed by atoms with Crippen LogP contribution in [0.5, 0.6) is 0 Å². The number of rotatable bonds is 8. The van der Waals surface area contributed by atoms with Gasteiger partial charge < -0.3 is 9.84 Å². The summed E-state index contributed by atoms with van der Waals surface area (Å²) in [6.45, 7) is 3.41. The number of carbonyl (C=O) groups is 2. The number of ether oxygens (including phenoxy) is 1. The van der Waals surface area contributed by atoms with Gasteiger partial charge in [-0.15, -0.1) is 11.8 Å². The Labute approximate surface area is 241 Å². The Kier molecular flexibility index (Phi) is 7.24. The number of amides is 1. The number of nitro groups is 1. The number of Topliss-reactive ketones (excluding diaryl/α,β-unsaturated/α-hetero) is 1. The summed E-state index contributed by atoms with van der Waals surface area (Å²) in [7, 11) is 0. The van der Waals surface area contributed by atoms with Gasteiger partial charge in [0, 0.05) is 35.1 Å². The third-order valence-electron chi connectivity index (χ3n) is 8.38. The molecule has 40 heavy (non-hydrogen) atoms. The van der Waals surface area contributed by atoms with Crippen LogP contribution in [0.4, 0.5) is 5.69 Å². The number of ketones is 1. The number of β-lactam (4-membered cyclic amide) rings is 1. The largest absolute Gasteiger partial charge is 0.477 e. The first-order chi connectivity index (χ1) is 19.3. The lowest BCUT2D eigenvalue weighted by Gasteiger charge is -2.44. The van der Waals surface area contributed by atoms with Gasteiger partial charge in [0.25, 0.3) is 5.69 Å². The Morgan fingerprint density at radius 3 is 2.67 bits per heavy atom. The predicted octanol–water partition coefficient (Wildman–Crippen LogP) is 4.08. The van der Waals surface area contributed by atoms with E-state index in [1.165, 1.54) is 12.1 Å². The molecule has 1 amide bonds. The van der Waals surface area contributed by atoms with Gasteiger partial charge >= 0.3 is 0 Å². The maximum Gasteiger partial charge on any atom is 0.269 e. The highest BCUT2D eigenvalue weighted by Crippen LogP contribution is 2.54. The summed E-state index contributed by atoms with van der Waals surface area (Å²) in [6.07, 6.45) is 1.28. The molecule has 0 spiro atoms. The highest BCUT2D eigenvalue weighted by molar-refractivity contribution is 8.04. The van der Waals surface area contributed by atoms with Gasteiger partial charge in [-0.1, -0.05) is 31.2 Å². The van der Waals surface area contributed by atoms with Crippen molar-refractivity contribution in [1.82, 2.24) is 9.80 Å². The average molecular weight is 580 g/mol. The smallest absolute Gasteiger partial charge is 0.269 e. The topological polar surface area (TPSA) is 113 Å². The van der Waals surface area contributed by atoms with Crippen molar-refractivity contribution < 1.29 is 24.4 Å². The normalized spacial score (nSPS) is 26.5. The van der Waals surface area contributed by atoms with E-state index >= 15 is 0 Å². The molecular formula is C29H29N3O6S2. The molecule has 2 aromatic rings. The van der Waals surface area contributed by atoms with Gasteiger partial charge in [-0.2, -0.15) is 0 Å². The number of nitrogens with zero attached hydrogens (tertiary/aromatic N) is 3. The fraction of sp³-hybridized carbons (Fsp3) is 0.414. The molecule has 0 radical (unpaired) electrons. The first-order valence-electron chi connectivity index (χ1n) is 13.5. The summed E-state index contributed by atoms with van der Waals surface area (Å²) in [4.78, 5) is 41.8. The molecule has 208 valence electrons. The van der Waals surface area contributed by atoms with Crippen LogP contribution in [0.25, 0.3) is 0 Å².